The van der Waals surface area contributed by atoms with Crippen LogP contribution in [-0.2, 0) is 4.74 Å². The molecule has 3 rings (SSSR count). The van der Waals surface area contributed by atoms with E-state index in [0.29, 0.717) is 16.6 Å². The van der Waals surface area contributed by atoms with Gasteiger partial charge in [0.1, 0.15) is 11.7 Å². The number of halogens is 1. The van der Waals surface area contributed by atoms with Gasteiger partial charge in [-0.1, -0.05) is 11.6 Å². The molecule has 2 heterocycles. The van der Waals surface area contributed by atoms with Gasteiger partial charge in [0.2, 0.25) is 0 Å². The van der Waals surface area contributed by atoms with Crippen LogP contribution in [0.4, 0.5) is 10.5 Å². The average molecular weight is 390 g/mol. The van der Waals surface area contributed by atoms with Gasteiger partial charge in [0, 0.05) is 31.4 Å². The van der Waals surface area contributed by atoms with Gasteiger partial charge in [-0.15, -0.1) is 0 Å². The number of hydrogen-bond donors (Lipinski definition) is 0. The van der Waals surface area contributed by atoms with Crippen LogP contribution >= 0.6 is 11.6 Å². The van der Waals surface area contributed by atoms with Gasteiger partial charge in [-0.3, -0.25) is 0 Å². The number of nitriles is 1. The van der Waals surface area contributed by atoms with Crippen molar-refractivity contribution in [3.8, 4) is 6.07 Å². The molecular weight excluding hydrogens is 362 g/mol. The Labute approximate surface area is 166 Å². The first kappa shape index (κ1) is 19.8. The second-order valence-corrected chi connectivity index (χ2v) is 9.13. The van der Waals surface area contributed by atoms with Crippen molar-refractivity contribution in [1.29, 1.82) is 5.26 Å². The fraction of sp³-hybridized carbons (Fsp3) is 0.619. The second-order valence-electron chi connectivity index (χ2n) is 8.73. The lowest BCUT2D eigenvalue weighted by molar-refractivity contribution is 0.00944. The van der Waals surface area contributed by atoms with Crippen molar-refractivity contribution in [1.82, 2.24) is 4.90 Å². The number of benzene rings is 1. The number of nitrogens with zero attached hydrogens (tertiary/aromatic N) is 3. The molecule has 1 atom stereocenters. The lowest BCUT2D eigenvalue weighted by Gasteiger charge is -2.43. The normalized spacial score (nSPS) is 22.0. The van der Waals surface area contributed by atoms with Crippen LogP contribution in [0.1, 0.15) is 52.5 Å². The standard InChI is InChI=1S/C21H28ClN3O2/c1-15-21(7-10-24(11-8-21)19(26)27-20(2,3)4)9-12-25(15)17-6-5-16(14-23)18(22)13-17/h5-6,13,15H,7-12H2,1-4H3. The molecule has 5 nitrogen and oxygen atoms in total. The largest absolute Gasteiger partial charge is 0.444 e. The molecule has 2 aliphatic rings. The van der Waals surface area contributed by atoms with E-state index in [2.05, 4.69) is 17.9 Å². The summed E-state index contributed by atoms with van der Waals surface area (Å²) in [6.45, 7) is 10.4. The van der Waals surface area contributed by atoms with Crippen LogP contribution in [0.3, 0.4) is 0 Å². The SMILES string of the molecule is CC1N(c2ccc(C#N)c(Cl)c2)CCC12CCN(C(=O)OC(C)(C)C)CC2. The number of carbonyl (C=O) groups excluding carboxylic acids is 1. The van der Waals surface area contributed by atoms with Crippen molar-refractivity contribution in [3.05, 3.63) is 28.8 Å². The zero-order valence-corrected chi connectivity index (χ0v) is 17.3. The number of piperidine rings is 1. The summed E-state index contributed by atoms with van der Waals surface area (Å²) in [4.78, 5) is 16.6. The summed E-state index contributed by atoms with van der Waals surface area (Å²) in [5, 5.41) is 9.58. The number of ether oxygens (including phenoxy) is 1. The topological polar surface area (TPSA) is 56.6 Å². The molecule has 0 bridgehead atoms. The van der Waals surface area contributed by atoms with Crippen molar-refractivity contribution >= 4 is 23.4 Å². The average Bonchev–Trinajstić information content (AvgIpc) is 2.90. The summed E-state index contributed by atoms with van der Waals surface area (Å²) in [6, 6.07) is 8.14. The molecule has 0 radical (unpaired) electrons. The predicted octanol–water partition coefficient (Wildman–Crippen LogP) is 4.83. The minimum absolute atomic E-state index is 0.207. The Hall–Kier alpha value is -1.93. The summed E-state index contributed by atoms with van der Waals surface area (Å²) >= 11 is 6.23. The quantitative estimate of drug-likeness (QED) is 0.690. The third kappa shape index (κ3) is 4.01. The highest BCUT2D eigenvalue weighted by Crippen LogP contribution is 2.47. The van der Waals surface area contributed by atoms with E-state index < -0.39 is 5.60 Å². The number of likely N-dealkylation sites (tertiary alicyclic amines) is 1. The Morgan fingerprint density at radius 1 is 1.26 bits per heavy atom. The van der Waals surface area contributed by atoms with E-state index in [1.807, 2.05) is 37.8 Å². The van der Waals surface area contributed by atoms with Crippen LogP contribution in [0.2, 0.25) is 5.02 Å². The lowest BCUT2D eigenvalue weighted by Crippen LogP contribution is -2.48. The summed E-state index contributed by atoms with van der Waals surface area (Å²) in [5.74, 6) is 0. The van der Waals surface area contributed by atoms with Gasteiger partial charge in [0.25, 0.3) is 0 Å². The van der Waals surface area contributed by atoms with Gasteiger partial charge >= 0.3 is 6.09 Å². The van der Waals surface area contributed by atoms with Crippen molar-refractivity contribution < 1.29 is 9.53 Å². The van der Waals surface area contributed by atoms with Gasteiger partial charge in [-0.2, -0.15) is 5.26 Å². The third-order valence-corrected chi connectivity index (χ3v) is 6.33. The third-order valence-electron chi connectivity index (χ3n) is 6.02. The Balaban J connectivity index is 1.67. The molecule has 0 N–H and O–H groups in total. The van der Waals surface area contributed by atoms with Gasteiger partial charge in [-0.05, 0) is 70.6 Å². The summed E-state index contributed by atoms with van der Waals surface area (Å²) in [5.41, 5.74) is 1.32. The number of hydrogen-bond acceptors (Lipinski definition) is 4. The van der Waals surface area contributed by atoms with Gasteiger partial charge in [0.05, 0.1) is 10.6 Å². The van der Waals surface area contributed by atoms with Crippen molar-refractivity contribution in [3.63, 3.8) is 0 Å². The number of carbonyl (C=O) groups is 1. The Morgan fingerprint density at radius 3 is 2.44 bits per heavy atom. The molecule has 27 heavy (non-hydrogen) atoms. The second kappa shape index (κ2) is 7.24. The van der Waals surface area contributed by atoms with Crippen LogP contribution < -0.4 is 4.90 Å². The first-order chi connectivity index (χ1) is 12.6. The maximum absolute atomic E-state index is 12.3. The fourth-order valence-electron chi connectivity index (χ4n) is 4.33. The molecule has 2 fully saturated rings. The van der Waals surface area contributed by atoms with Crippen LogP contribution in [-0.4, -0.2) is 42.3 Å². The summed E-state index contributed by atoms with van der Waals surface area (Å²) < 4.78 is 5.52. The first-order valence-electron chi connectivity index (χ1n) is 9.59. The zero-order chi connectivity index (χ0) is 19.8. The monoisotopic (exact) mass is 389 g/mol. The summed E-state index contributed by atoms with van der Waals surface area (Å²) in [7, 11) is 0. The van der Waals surface area contributed by atoms with E-state index in [9.17, 15) is 4.79 Å². The first-order valence-corrected chi connectivity index (χ1v) is 9.97. The molecule has 1 spiro atoms. The molecule has 0 saturated carbocycles. The number of amides is 1. The van der Waals surface area contributed by atoms with Crippen LogP contribution in [0.15, 0.2) is 18.2 Å². The zero-order valence-electron chi connectivity index (χ0n) is 16.6. The summed E-state index contributed by atoms with van der Waals surface area (Å²) in [6.07, 6.45) is 2.86. The van der Waals surface area contributed by atoms with E-state index in [-0.39, 0.29) is 11.5 Å². The van der Waals surface area contributed by atoms with Crippen molar-refractivity contribution in [2.75, 3.05) is 24.5 Å². The van der Waals surface area contributed by atoms with E-state index in [4.69, 9.17) is 21.6 Å². The van der Waals surface area contributed by atoms with Gasteiger partial charge in [-0.25, -0.2) is 4.79 Å². The molecule has 2 saturated heterocycles. The Bertz CT molecular complexity index is 758. The van der Waals surface area contributed by atoms with E-state index in [0.717, 1.165) is 44.6 Å². The molecule has 2 aliphatic heterocycles. The maximum atomic E-state index is 12.3. The Kier molecular flexibility index (Phi) is 5.31. The van der Waals surface area contributed by atoms with Crippen molar-refractivity contribution in [2.24, 2.45) is 5.41 Å². The lowest BCUT2D eigenvalue weighted by atomic mass is 9.73. The van der Waals surface area contributed by atoms with Crippen LogP contribution in [0.5, 0.6) is 0 Å². The van der Waals surface area contributed by atoms with Crippen LogP contribution in [0, 0.1) is 16.7 Å². The van der Waals surface area contributed by atoms with E-state index in [1.54, 1.807) is 6.07 Å². The molecule has 1 unspecified atom stereocenters. The molecule has 146 valence electrons. The van der Waals surface area contributed by atoms with E-state index in [1.165, 1.54) is 0 Å². The molecule has 1 amide bonds. The smallest absolute Gasteiger partial charge is 0.410 e. The fourth-order valence-corrected chi connectivity index (χ4v) is 4.55. The highest BCUT2D eigenvalue weighted by atomic mass is 35.5. The van der Waals surface area contributed by atoms with Crippen molar-refractivity contribution in [2.45, 2.75) is 58.6 Å². The minimum atomic E-state index is -0.460. The molecule has 0 aromatic heterocycles. The van der Waals surface area contributed by atoms with E-state index >= 15 is 0 Å². The van der Waals surface area contributed by atoms with Gasteiger partial charge in [0.15, 0.2) is 0 Å². The molecule has 1 aromatic carbocycles. The molecule has 6 heteroatoms. The van der Waals surface area contributed by atoms with Gasteiger partial charge < -0.3 is 14.5 Å². The maximum Gasteiger partial charge on any atom is 0.410 e. The highest BCUT2D eigenvalue weighted by molar-refractivity contribution is 6.32. The minimum Gasteiger partial charge on any atom is -0.444 e. The Morgan fingerprint density at radius 2 is 1.89 bits per heavy atom. The molecular formula is C21H28ClN3O2. The number of rotatable bonds is 1. The molecule has 0 aliphatic carbocycles. The number of anilines is 1. The predicted molar refractivity (Wildman–Crippen MR) is 107 cm³/mol. The molecule has 1 aromatic rings. The van der Waals surface area contributed by atoms with Crippen LogP contribution in [0.25, 0.3) is 0 Å². The highest BCUT2D eigenvalue weighted by Gasteiger charge is 2.47.